The van der Waals surface area contributed by atoms with Gasteiger partial charge in [-0.25, -0.2) is 4.79 Å². The first-order valence-electron chi connectivity index (χ1n) is 12.3. The van der Waals surface area contributed by atoms with Gasteiger partial charge in [0.2, 0.25) is 0 Å². The third-order valence-corrected chi connectivity index (χ3v) is 9.46. The maximum absolute atomic E-state index is 13.3. The number of nitrogens with zero attached hydrogens (tertiary/aromatic N) is 1. The minimum absolute atomic E-state index is 0.309. The molecular formula is C27H29NO7S. The van der Waals surface area contributed by atoms with Crippen LogP contribution in [0.15, 0.2) is 41.3 Å². The predicted octanol–water partition coefficient (Wildman–Crippen LogP) is 3.21. The van der Waals surface area contributed by atoms with E-state index in [2.05, 4.69) is 0 Å². The molecule has 1 aliphatic carbocycles. The van der Waals surface area contributed by atoms with Crippen LogP contribution in [0.1, 0.15) is 31.7 Å². The molecule has 190 valence electrons. The molecule has 2 bridgehead atoms. The molecule has 4 heterocycles. The summed E-state index contributed by atoms with van der Waals surface area (Å²) in [6.07, 6.45) is 0.684. The van der Waals surface area contributed by atoms with E-state index in [0.29, 0.717) is 12.0 Å². The highest BCUT2D eigenvalue weighted by Crippen LogP contribution is 2.56. The van der Waals surface area contributed by atoms with Crippen LogP contribution >= 0.6 is 11.3 Å². The van der Waals surface area contributed by atoms with Crippen LogP contribution in [-0.4, -0.2) is 72.0 Å². The van der Waals surface area contributed by atoms with Crippen LogP contribution < -0.4 is 0 Å². The zero-order valence-corrected chi connectivity index (χ0v) is 21.4. The van der Waals surface area contributed by atoms with Crippen molar-refractivity contribution in [2.45, 2.75) is 56.1 Å². The summed E-state index contributed by atoms with van der Waals surface area (Å²) in [6.45, 7) is 3.76. The summed E-state index contributed by atoms with van der Waals surface area (Å²) >= 11 is 1.51. The number of carboxylic acids is 1. The quantitative estimate of drug-likeness (QED) is 0.493. The van der Waals surface area contributed by atoms with Crippen molar-refractivity contribution in [3.8, 4) is 0 Å². The van der Waals surface area contributed by atoms with Gasteiger partial charge in [-0.3, -0.25) is 9.59 Å². The van der Waals surface area contributed by atoms with Gasteiger partial charge < -0.3 is 24.2 Å². The molecule has 0 saturated carbocycles. The lowest BCUT2D eigenvalue weighted by atomic mass is 9.71. The lowest BCUT2D eigenvalue weighted by molar-refractivity contribution is -0.145. The Balaban J connectivity index is 1.53. The second kappa shape index (κ2) is 8.13. The molecule has 9 unspecified atom stereocenters. The van der Waals surface area contributed by atoms with Crippen molar-refractivity contribution in [1.29, 1.82) is 0 Å². The van der Waals surface area contributed by atoms with Crippen molar-refractivity contribution in [1.82, 2.24) is 4.90 Å². The van der Waals surface area contributed by atoms with Crippen LogP contribution in [0.5, 0.6) is 0 Å². The number of epoxide rings is 1. The molecule has 2 aromatic rings. The van der Waals surface area contributed by atoms with Gasteiger partial charge in [-0.15, -0.1) is 11.3 Å². The normalized spacial score (nSPS) is 38.1. The van der Waals surface area contributed by atoms with Crippen molar-refractivity contribution >= 4 is 39.3 Å². The first-order chi connectivity index (χ1) is 17.1. The van der Waals surface area contributed by atoms with Crippen molar-refractivity contribution in [3.05, 3.63) is 46.9 Å². The molecule has 2 fully saturated rings. The SMILES string of the molecule is CC1C(=O)OC2CC3(C)OC3C(C(C(=O)O)c3csc4ccccc34)C(N(C)C)C3=CC(OC3=O)C21. The Kier molecular flexibility index (Phi) is 5.34. The van der Waals surface area contributed by atoms with Crippen molar-refractivity contribution in [3.63, 3.8) is 0 Å². The average Bonchev–Trinajstić information content (AvgIpc) is 3.08. The van der Waals surface area contributed by atoms with Gasteiger partial charge in [0.1, 0.15) is 12.2 Å². The van der Waals surface area contributed by atoms with E-state index in [1.807, 2.05) is 55.6 Å². The summed E-state index contributed by atoms with van der Waals surface area (Å²) in [5.74, 6) is -3.98. The first kappa shape index (κ1) is 23.6. The molecule has 3 aliphatic heterocycles. The number of fused-ring (bicyclic) bond motifs is 5. The Morgan fingerprint density at radius 1 is 1.22 bits per heavy atom. The highest BCUT2D eigenvalue weighted by molar-refractivity contribution is 7.17. The molecule has 2 saturated heterocycles. The van der Waals surface area contributed by atoms with Gasteiger partial charge in [-0.1, -0.05) is 25.1 Å². The molecule has 1 aromatic heterocycles. The highest BCUT2D eigenvalue weighted by atomic mass is 32.1. The molecule has 1 N–H and O–H groups in total. The molecule has 0 spiro atoms. The Labute approximate surface area is 212 Å². The Morgan fingerprint density at radius 3 is 2.69 bits per heavy atom. The number of esters is 2. The molecule has 8 nitrogen and oxygen atoms in total. The maximum Gasteiger partial charge on any atom is 0.336 e. The summed E-state index contributed by atoms with van der Waals surface area (Å²) in [6, 6.07) is 7.21. The summed E-state index contributed by atoms with van der Waals surface area (Å²) in [4.78, 5) is 40.7. The van der Waals surface area contributed by atoms with E-state index in [4.69, 9.17) is 14.2 Å². The monoisotopic (exact) mass is 511 g/mol. The van der Waals surface area contributed by atoms with Crippen LogP contribution in [-0.2, 0) is 28.6 Å². The topological polar surface area (TPSA) is 106 Å². The number of rotatable bonds is 4. The highest BCUT2D eigenvalue weighted by Gasteiger charge is 2.66. The average molecular weight is 512 g/mol. The molecule has 36 heavy (non-hydrogen) atoms. The second-order valence-corrected chi connectivity index (χ2v) is 11.8. The minimum Gasteiger partial charge on any atom is -0.481 e. The molecule has 1 aromatic carbocycles. The second-order valence-electron chi connectivity index (χ2n) is 10.9. The van der Waals surface area contributed by atoms with E-state index >= 15 is 0 Å². The fraction of sp³-hybridized carbons (Fsp3) is 0.519. The number of likely N-dealkylation sites (N-methyl/N-ethyl adjacent to an activating group) is 1. The number of thiophene rings is 1. The first-order valence-corrected chi connectivity index (χ1v) is 13.1. The number of benzene rings is 1. The van der Waals surface area contributed by atoms with Gasteiger partial charge in [0.25, 0.3) is 0 Å². The Bertz CT molecular complexity index is 1300. The van der Waals surface area contributed by atoms with Gasteiger partial charge in [-0.2, -0.15) is 0 Å². The van der Waals surface area contributed by atoms with Gasteiger partial charge in [0.05, 0.1) is 29.1 Å². The fourth-order valence-corrected chi connectivity index (χ4v) is 7.77. The van der Waals surface area contributed by atoms with E-state index in [0.717, 1.165) is 15.6 Å². The standard InChI is InChI=1S/C27H29NO7S/c1-12-19-16-9-14(26(32)33-16)22(28(3)4)21(23-27(2,35-23)10-17(19)34-25(12)31)20(24(29)30)15-11-36-18-8-6-5-7-13(15)18/h5-9,11-12,16-17,19-23H,10H2,1-4H3,(H,29,30). The van der Waals surface area contributed by atoms with E-state index < -0.39 is 59.6 Å². The lowest BCUT2D eigenvalue weighted by Crippen LogP contribution is -2.47. The van der Waals surface area contributed by atoms with Gasteiger partial charge in [0.15, 0.2) is 0 Å². The van der Waals surface area contributed by atoms with Crippen molar-refractivity contribution < 1.29 is 33.7 Å². The number of aliphatic carboxylic acids is 1. The van der Waals surface area contributed by atoms with Crippen LogP contribution in [0, 0.1) is 17.8 Å². The van der Waals surface area contributed by atoms with Gasteiger partial charge >= 0.3 is 17.9 Å². The molecular weight excluding hydrogens is 482 g/mol. The fourth-order valence-electron chi connectivity index (χ4n) is 6.77. The maximum atomic E-state index is 13.3. The zero-order chi connectivity index (χ0) is 25.5. The van der Waals surface area contributed by atoms with E-state index in [-0.39, 0.29) is 11.9 Å². The molecule has 4 aliphatic rings. The molecule has 9 atom stereocenters. The lowest BCUT2D eigenvalue weighted by Gasteiger charge is -2.36. The van der Waals surface area contributed by atoms with Gasteiger partial charge in [0, 0.05) is 29.0 Å². The van der Waals surface area contributed by atoms with E-state index in [1.54, 1.807) is 13.0 Å². The van der Waals surface area contributed by atoms with Crippen molar-refractivity contribution in [2.75, 3.05) is 14.1 Å². The van der Waals surface area contributed by atoms with Crippen LogP contribution in [0.3, 0.4) is 0 Å². The van der Waals surface area contributed by atoms with Crippen LogP contribution in [0.25, 0.3) is 10.1 Å². The summed E-state index contributed by atoms with van der Waals surface area (Å²) in [5, 5.41) is 13.5. The number of carbonyl (C=O) groups excluding carboxylic acids is 2. The molecule has 6 rings (SSSR count). The third kappa shape index (κ3) is 3.43. The number of carboxylic acid groups (broad SMARTS) is 1. The molecule has 0 amide bonds. The number of hydrogen-bond donors (Lipinski definition) is 1. The van der Waals surface area contributed by atoms with Crippen LogP contribution in [0.4, 0.5) is 0 Å². The number of carbonyl (C=O) groups is 3. The van der Waals surface area contributed by atoms with Gasteiger partial charge in [-0.05, 0) is 49.5 Å². The largest absolute Gasteiger partial charge is 0.481 e. The van der Waals surface area contributed by atoms with E-state index in [9.17, 15) is 19.5 Å². The summed E-state index contributed by atoms with van der Waals surface area (Å²) < 4.78 is 18.9. The Morgan fingerprint density at radius 2 is 1.97 bits per heavy atom. The predicted molar refractivity (Wildman–Crippen MR) is 132 cm³/mol. The number of ether oxygens (including phenoxy) is 3. The summed E-state index contributed by atoms with van der Waals surface area (Å²) in [5.41, 5.74) is 0.453. The molecule has 9 heteroatoms. The summed E-state index contributed by atoms with van der Waals surface area (Å²) in [7, 11) is 3.70. The van der Waals surface area contributed by atoms with E-state index in [1.165, 1.54) is 11.3 Å². The number of hydrogen-bond acceptors (Lipinski definition) is 8. The van der Waals surface area contributed by atoms with Crippen LogP contribution in [0.2, 0.25) is 0 Å². The third-order valence-electron chi connectivity index (χ3n) is 8.48. The smallest absolute Gasteiger partial charge is 0.336 e. The zero-order valence-electron chi connectivity index (χ0n) is 20.5. The van der Waals surface area contributed by atoms with Crippen molar-refractivity contribution in [2.24, 2.45) is 17.8 Å². The minimum atomic E-state index is -0.965. The Hall–Kier alpha value is -2.75. The molecule has 0 radical (unpaired) electrons.